The third kappa shape index (κ3) is 4.35. The molecule has 6 nitrogen and oxygen atoms in total. The van der Waals surface area contributed by atoms with Gasteiger partial charge in [-0.05, 0) is 34.9 Å². The molecule has 1 fully saturated rings. The van der Waals surface area contributed by atoms with Gasteiger partial charge in [-0.1, -0.05) is 42.5 Å². The van der Waals surface area contributed by atoms with Gasteiger partial charge >= 0.3 is 0 Å². The molecular formula is C26H25N3O3. The summed E-state index contributed by atoms with van der Waals surface area (Å²) in [5.74, 6) is 0.889. The average molecular weight is 428 g/mol. The van der Waals surface area contributed by atoms with E-state index in [0.717, 1.165) is 34.4 Å². The minimum atomic E-state index is -0.150. The first-order valence-corrected chi connectivity index (χ1v) is 10.9. The summed E-state index contributed by atoms with van der Waals surface area (Å²) in [7, 11) is 0. The highest BCUT2D eigenvalue weighted by atomic mass is 16.5. The lowest BCUT2D eigenvalue weighted by Gasteiger charge is -2.17. The molecular weight excluding hydrogens is 402 g/mol. The first kappa shape index (κ1) is 20.2. The highest BCUT2D eigenvalue weighted by molar-refractivity contribution is 5.86. The Bertz CT molecular complexity index is 1120. The van der Waals surface area contributed by atoms with Crippen LogP contribution in [0.15, 0.2) is 73.1 Å². The van der Waals surface area contributed by atoms with E-state index in [1.54, 1.807) is 11.1 Å². The van der Waals surface area contributed by atoms with Crippen LogP contribution in [0.1, 0.15) is 23.5 Å². The second kappa shape index (κ2) is 8.83. The van der Waals surface area contributed by atoms with Crippen LogP contribution in [0.5, 0.6) is 5.75 Å². The summed E-state index contributed by atoms with van der Waals surface area (Å²) < 4.78 is 6.00. The SMILES string of the molecule is O=C(CN1CC(c2ccccc2)CC1=O)NCC1Cc2cc(-c3cccnc3)ccc2O1. The van der Waals surface area contributed by atoms with E-state index in [9.17, 15) is 9.59 Å². The van der Waals surface area contributed by atoms with Crippen molar-refractivity contribution in [2.75, 3.05) is 19.6 Å². The number of pyridine rings is 1. The molecule has 2 aromatic carbocycles. The molecule has 1 N–H and O–H groups in total. The number of carbonyl (C=O) groups excluding carboxylic acids is 2. The molecule has 2 aliphatic rings. The van der Waals surface area contributed by atoms with Crippen LogP contribution in [-0.4, -0.2) is 47.4 Å². The van der Waals surface area contributed by atoms with E-state index in [1.165, 1.54) is 0 Å². The molecule has 3 heterocycles. The summed E-state index contributed by atoms with van der Waals surface area (Å²) in [6.07, 6.45) is 4.69. The zero-order chi connectivity index (χ0) is 21.9. The zero-order valence-electron chi connectivity index (χ0n) is 17.7. The predicted molar refractivity (Wildman–Crippen MR) is 121 cm³/mol. The third-order valence-electron chi connectivity index (χ3n) is 6.14. The molecule has 32 heavy (non-hydrogen) atoms. The van der Waals surface area contributed by atoms with Crippen molar-refractivity contribution in [1.29, 1.82) is 0 Å². The standard InChI is InChI=1S/C26H25N3O3/c30-25(17-29-16-22(13-26(29)31)18-5-2-1-3-6-18)28-15-23-12-21-11-19(8-9-24(21)32-23)20-7-4-10-27-14-20/h1-11,14,22-23H,12-13,15-17H2,(H,28,30). The molecule has 2 aliphatic heterocycles. The van der Waals surface area contributed by atoms with E-state index in [0.29, 0.717) is 19.5 Å². The van der Waals surface area contributed by atoms with E-state index in [4.69, 9.17) is 4.74 Å². The van der Waals surface area contributed by atoms with E-state index < -0.39 is 0 Å². The minimum Gasteiger partial charge on any atom is -0.488 e. The number of likely N-dealkylation sites (tertiary alicyclic amines) is 1. The monoisotopic (exact) mass is 427 g/mol. The second-order valence-corrected chi connectivity index (χ2v) is 8.40. The van der Waals surface area contributed by atoms with Crippen molar-refractivity contribution in [2.24, 2.45) is 0 Å². The summed E-state index contributed by atoms with van der Waals surface area (Å²) in [6.45, 7) is 1.09. The van der Waals surface area contributed by atoms with Gasteiger partial charge in [0.1, 0.15) is 11.9 Å². The topological polar surface area (TPSA) is 71.5 Å². The van der Waals surface area contributed by atoms with Crippen LogP contribution in [0.3, 0.4) is 0 Å². The highest BCUT2D eigenvalue weighted by Gasteiger charge is 2.32. The van der Waals surface area contributed by atoms with E-state index in [1.807, 2.05) is 60.8 Å². The normalized spacial score (nSPS) is 19.5. The first-order chi connectivity index (χ1) is 15.7. The second-order valence-electron chi connectivity index (χ2n) is 8.40. The van der Waals surface area contributed by atoms with Crippen molar-refractivity contribution >= 4 is 11.8 Å². The Labute approximate surface area is 187 Å². The van der Waals surface area contributed by atoms with Gasteiger partial charge in [0, 0.05) is 43.3 Å². The molecule has 1 saturated heterocycles. The third-order valence-corrected chi connectivity index (χ3v) is 6.14. The molecule has 0 bridgehead atoms. The maximum absolute atomic E-state index is 12.5. The Morgan fingerprint density at radius 1 is 1.06 bits per heavy atom. The molecule has 2 amide bonds. The largest absolute Gasteiger partial charge is 0.488 e. The Morgan fingerprint density at radius 2 is 1.94 bits per heavy atom. The number of amides is 2. The van der Waals surface area contributed by atoms with Gasteiger partial charge in [0.05, 0.1) is 13.1 Å². The fourth-order valence-corrected chi connectivity index (χ4v) is 4.48. The lowest BCUT2D eigenvalue weighted by Crippen LogP contribution is -2.41. The molecule has 3 aromatic rings. The van der Waals surface area contributed by atoms with Crippen LogP contribution in [0, 0.1) is 0 Å². The number of rotatable bonds is 6. The number of ether oxygens (including phenoxy) is 1. The number of benzene rings is 2. The van der Waals surface area contributed by atoms with Crippen LogP contribution in [0.2, 0.25) is 0 Å². The van der Waals surface area contributed by atoms with Gasteiger partial charge in [0.15, 0.2) is 0 Å². The van der Waals surface area contributed by atoms with Crippen LogP contribution in [-0.2, 0) is 16.0 Å². The summed E-state index contributed by atoms with van der Waals surface area (Å²) in [5.41, 5.74) is 4.44. The Balaban J connectivity index is 1.13. The van der Waals surface area contributed by atoms with Crippen LogP contribution in [0.4, 0.5) is 0 Å². The number of carbonyl (C=O) groups is 2. The first-order valence-electron chi connectivity index (χ1n) is 10.9. The minimum absolute atomic E-state index is 0.0291. The van der Waals surface area contributed by atoms with Gasteiger partial charge in [-0.25, -0.2) is 0 Å². The summed E-state index contributed by atoms with van der Waals surface area (Å²) in [4.78, 5) is 30.7. The molecule has 0 aliphatic carbocycles. The molecule has 5 rings (SSSR count). The lowest BCUT2D eigenvalue weighted by atomic mass is 9.99. The van der Waals surface area contributed by atoms with Crippen molar-refractivity contribution in [3.63, 3.8) is 0 Å². The van der Waals surface area contributed by atoms with Crippen LogP contribution < -0.4 is 10.1 Å². The van der Waals surface area contributed by atoms with Gasteiger partial charge in [-0.3, -0.25) is 14.6 Å². The Hall–Kier alpha value is -3.67. The molecule has 2 atom stereocenters. The number of hydrogen-bond donors (Lipinski definition) is 1. The van der Waals surface area contributed by atoms with Crippen molar-refractivity contribution in [3.8, 4) is 16.9 Å². The van der Waals surface area contributed by atoms with Crippen LogP contribution >= 0.6 is 0 Å². The fraction of sp³-hybridized carbons (Fsp3) is 0.269. The van der Waals surface area contributed by atoms with Crippen molar-refractivity contribution in [2.45, 2.75) is 24.9 Å². The fourth-order valence-electron chi connectivity index (χ4n) is 4.48. The van der Waals surface area contributed by atoms with Gasteiger partial charge in [-0.2, -0.15) is 0 Å². The van der Waals surface area contributed by atoms with Crippen molar-refractivity contribution < 1.29 is 14.3 Å². The maximum Gasteiger partial charge on any atom is 0.239 e. The molecule has 6 heteroatoms. The lowest BCUT2D eigenvalue weighted by molar-refractivity contribution is -0.133. The van der Waals surface area contributed by atoms with Gasteiger partial charge in [0.2, 0.25) is 11.8 Å². The van der Waals surface area contributed by atoms with Crippen LogP contribution in [0.25, 0.3) is 11.1 Å². The molecule has 1 aromatic heterocycles. The predicted octanol–water partition coefficient (Wildman–Crippen LogP) is 3.18. The van der Waals surface area contributed by atoms with Crippen molar-refractivity contribution in [3.05, 3.63) is 84.2 Å². The Kier molecular flexibility index (Phi) is 5.58. The Morgan fingerprint density at radius 3 is 2.75 bits per heavy atom. The average Bonchev–Trinajstić information content (AvgIpc) is 3.41. The number of fused-ring (bicyclic) bond motifs is 1. The van der Waals surface area contributed by atoms with E-state index in [2.05, 4.69) is 16.4 Å². The smallest absolute Gasteiger partial charge is 0.239 e. The quantitative estimate of drug-likeness (QED) is 0.656. The highest BCUT2D eigenvalue weighted by Crippen LogP contribution is 2.32. The summed E-state index contributed by atoms with van der Waals surface area (Å²) in [5, 5.41) is 2.94. The van der Waals surface area contributed by atoms with Gasteiger partial charge < -0.3 is 15.0 Å². The van der Waals surface area contributed by atoms with Crippen molar-refractivity contribution in [1.82, 2.24) is 15.2 Å². The maximum atomic E-state index is 12.5. The molecule has 162 valence electrons. The number of aromatic nitrogens is 1. The summed E-state index contributed by atoms with van der Waals surface area (Å²) >= 11 is 0. The van der Waals surface area contributed by atoms with Gasteiger partial charge in [-0.15, -0.1) is 0 Å². The zero-order valence-corrected chi connectivity index (χ0v) is 17.7. The van der Waals surface area contributed by atoms with Gasteiger partial charge in [0.25, 0.3) is 0 Å². The molecule has 0 radical (unpaired) electrons. The number of nitrogens with one attached hydrogen (secondary N) is 1. The molecule has 2 unspecified atom stereocenters. The van der Waals surface area contributed by atoms with E-state index >= 15 is 0 Å². The summed E-state index contributed by atoms with van der Waals surface area (Å²) in [6, 6.07) is 20.1. The van der Waals surface area contributed by atoms with E-state index in [-0.39, 0.29) is 30.4 Å². The number of nitrogens with zero attached hydrogens (tertiary/aromatic N) is 2. The molecule has 0 spiro atoms. The molecule has 0 saturated carbocycles. The number of hydrogen-bond acceptors (Lipinski definition) is 4.